The number of amides is 1. The Labute approximate surface area is 183 Å². The van der Waals surface area contributed by atoms with E-state index < -0.39 is 0 Å². The highest BCUT2D eigenvalue weighted by molar-refractivity contribution is 7.99. The van der Waals surface area contributed by atoms with Gasteiger partial charge >= 0.3 is 0 Å². The van der Waals surface area contributed by atoms with Crippen molar-refractivity contribution in [3.63, 3.8) is 0 Å². The predicted octanol–water partition coefficient (Wildman–Crippen LogP) is 4.44. The Balaban J connectivity index is 1.35. The van der Waals surface area contributed by atoms with Crippen molar-refractivity contribution < 1.29 is 9.18 Å². The number of carbonyl (C=O) groups is 1. The number of halogens is 1. The highest BCUT2D eigenvalue weighted by Crippen LogP contribution is 2.22. The monoisotopic (exact) mass is 433 g/mol. The van der Waals surface area contributed by atoms with E-state index in [4.69, 9.17) is 0 Å². The lowest BCUT2D eigenvalue weighted by Crippen LogP contribution is -2.28. The molecule has 0 aliphatic rings. The summed E-state index contributed by atoms with van der Waals surface area (Å²) in [6.07, 6.45) is 0. The molecule has 4 aromatic rings. The van der Waals surface area contributed by atoms with E-state index in [1.807, 2.05) is 37.3 Å². The number of rotatable bonds is 7. The summed E-state index contributed by atoms with van der Waals surface area (Å²) in [6.45, 7) is 1.94. The van der Waals surface area contributed by atoms with Gasteiger partial charge in [0, 0.05) is 0 Å². The smallest absolute Gasteiger partial charge is 0.230 e. The van der Waals surface area contributed by atoms with Gasteiger partial charge in [0.2, 0.25) is 11.1 Å². The molecule has 0 saturated heterocycles. The first-order valence-electron chi connectivity index (χ1n) is 9.72. The molecule has 0 aliphatic carbocycles. The zero-order chi connectivity index (χ0) is 21.6. The van der Waals surface area contributed by atoms with Crippen molar-refractivity contribution >= 4 is 17.7 Å². The van der Waals surface area contributed by atoms with Crippen molar-refractivity contribution in [2.75, 3.05) is 5.75 Å². The van der Waals surface area contributed by atoms with Crippen molar-refractivity contribution in [3.8, 4) is 16.8 Å². The lowest BCUT2D eigenvalue weighted by molar-refractivity contribution is -0.119. The van der Waals surface area contributed by atoms with Crippen molar-refractivity contribution in [1.29, 1.82) is 0 Å². The summed E-state index contributed by atoms with van der Waals surface area (Å²) in [6, 6.07) is 24.1. The fourth-order valence-corrected chi connectivity index (χ4v) is 3.83. The number of hydrogen-bond donors (Lipinski definition) is 1. The van der Waals surface area contributed by atoms with Crippen LogP contribution in [0.4, 0.5) is 4.39 Å². The molecule has 1 N–H and O–H groups in total. The number of tetrazole rings is 1. The van der Waals surface area contributed by atoms with Gasteiger partial charge in [-0.05, 0) is 52.2 Å². The molecule has 1 aromatic heterocycles. The van der Waals surface area contributed by atoms with Gasteiger partial charge in [-0.15, -0.1) is 5.10 Å². The molecule has 8 heteroatoms. The number of aromatic nitrogens is 4. The zero-order valence-corrected chi connectivity index (χ0v) is 17.6. The SMILES string of the molecule is CC(NC(=O)CSc1nnnn1-c1cccc(F)c1)c1ccc(-c2ccccc2)cc1. The summed E-state index contributed by atoms with van der Waals surface area (Å²) < 4.78 is 14.9. The predicted molar refractivity (Wildman–Crippen MR) is 118 cm³/mol. The van der Waals surface area contributed by atoms with Gasteiger partial charge in [-0.3, -0.25) is 4.79 Å². The standard InChI is InChI=1S/C23H20FN5OS/c1-16(17-10-12-19(13-11-17)18-6-3-2-4-7-18)25-22(30)15-31-23-26-27-28-29(23)21-9-5-8-20(24)14-21/h2-14,16H,15H2,1H3,(H,25,30). The van der Waals surface area contributed by atoms with Gasteiger partial charge in [0.1, 0.15) is 5.82 Å². The van der Waals surface area contributed by atoms with Crippen LogP contribution in [0.3, 0.4) is 0 Å². The second-order valence-corrected chi connectivity index (χ2v) is 7.86. The summed E-state index contributed by atoms with van der Waals surface area (Å²) in [4.78, 5) is 12.4. The summed E-state index contributed by atoms with van der Waals surface area (Å²) >= 11 is 1.19. The number of carbonyl (C=O) groups excluding carboxylic acids is 1. The Bertz CT molecular complexity index is 1160. The van der Waals surface area contributed by atoms with Crippen LogP contribution >= 0.6 is 11.8 Å². The van der Waals surface area contributed by atoms with Crippen LogP contribution in [0.1, 0.15) is 18.5 Å². The highest BCUT2D eigenvalue weighted by Gasteiger charge is 2.14. The quantitative estimate of drug-likeness (QED) is 0.436. The molecule has 0 spiro atoms. The summed E-state index contributed by atoms with van der Waals surface area (Å²) in [5.74, 6) is -0.380. The van der Waals surface area contributed by atoms with Crippen LogP contribution in [0.25, 0.3) is 16.8 Å². The van der Waals surface area contributed by atoms with Gasteiger partial charge in [-0.2, -0.15) is 4.68 Å². The number of thioether (sulfide) groups is 1. The molecule has 0 aliphatic heterocycles. The molecule has 31 heavy (non-hydrogen) atoms. The van der Waals surface area contributed by atoms with Gasteiger partial charge < -0.3 is 5.32 Å². The molecule has 1 amide bonds. The van der Waals surface area contributed by atoms with Crippen LogP contribution in [0.2, 0.25) is 0 Å². The van der Waals surface area contributed by atoms with E-state index in [1.54, 1.807) is 12.1 Å². The van der Waals surface area contributed by atoms with E-state index in [0.29, 0.717) is 10.8 Å². The molecule has 4 rings (SSSR count). The van der Waals surface area contributed by atoms with Gasteiger partial charge in [-0.1, -0.05) is 72.4 Å². The third-order valence-corrected chi connectivity index (χ3v) is 5.64. The highest BCUT2D eigenvalue weighted by atomic mass is 32.2. The number of nitrogens with one attached hydrogen (secondary N) is 1. The van der Waals surface area contributed by atoms with E-state index >= 15 is 0 Å². The second kappa shape index (κ2) is 9.53. The summed E-state index contributed by atoms with van der Waals surface area (Å²) in [5, 5.41) is 14.9. The Hall–Kier alpha value is -3.52. The third-order valence-electron chi connectivity index (χ3n) is 4.72. The van der Waals surface area contributed by atoms with Gasteiger partial charge in [0.05, 0.1) is 17.5 Å². The molecule has 0 bridgehead atoms. The van der Waals surface area contributed by atoms with E-state index in [-0.39, 0.29) is 23.5 Å². The second-order valence-electron chi connectivity index (χ2n) is 6.92. The van der Waals surface area contributed by atoms with Gasteiger partial charge in [0.25, 0.3) is 0 Å². The molecule has 1 atom stereocenters. The van der Waals surface area contributed by atoms with Crippen LogP contribution in [0.5, 0.6) is 0 Å². The van der Waals surface area contributed by atoms with Crippen molar-refractivity contribution in [1.82, 2.24) is 25.5 Å². The number of hydrogen-bond acceptors (Lipinski definition) is 5. The first-order chi connectivity index (χ1) is 15.1. The maximum atomic E-state index is 13.5. The Morgan fingerprint density at radius 2 is 1.77 bits per heavy atom. The molecule has 1 heterocycles. The Morgan fingerprint density at radius 1 is 1.03 bits per heavy atom. The van der Waals surface area contributed by atoms with Crippen LogP contribution < -0.4 is 5.32 Å². The molecular weight excluding hydrogens is 413 g/mol. The van der Waals surface area contributed by atoms with Crippen LogP contribution in [0, 0.1) is 5.82 Å². The fraction of sp³-hybridized carbons (Fsp3) is 0.130. The third kappa shape index (κ3) is 5.16. The molecule has 0 saturated carbocycles. The maximum absolute atomic E-state index is 13.5. The number of nitrogens with zero attached hydrogens (tertiary/aromatic N) is 4. The normalized spacial score (nSPS) is 11.8. The molecule has 156 valence electrons. The van der Waals surface area contributed by atoms with Crippen LogP contribution in [0.15, 0.2) is 84.0 Å². The molecule has 1 unspecified atom stereocenters. The summed E-state index contributed by atoms with van der Waals surface area (Å²) in [7, 11) is 0. The van der Waals surface area contributed by atoms with Crippen molar-refractivity contribution in [2.45, 2.75) is 18.1 Å². The van der Waals surface area contributed by atoms with E-state index in [2.05, 4.69) is 45.1 Å². The molecule has 0 radical (unpaired) electrons. The minimum atomic E-state index is -0.381. The molecule has 0 fully saturated rings. The Morgan fingerprint density at radius 3 is 2.52 bits per heavy atom. The maximum Gasteiger partial charge on any atom is 0.230 e. The van der Waals surface area contributed by atoms with E-state index in [1.165, 1.54) is 28.6 Å². The lowest BCUT2D eigenvalue weighted by Gasteiger charge is -2.15. The van der Waals surface area contributed by atoms with E-state index in [9.17, 15) is 9.18 Å². The topological polar surface area (TPSA) is 72.7 Å². The van der Waals surface area contributed by atoms with Crippen LogP contribution in [-0.4, -0.2) is 31.9 Å². The Kier molecular flexibility index (Phi) is 6.37. The van der Waals surface area contributed by atoms with Crippen molar-refractivity contribution in [3.05, 3.63) is 90.2 Å². The van der Waals surface area contributed by atoms with Crippen LogP contribution in [-0.2, 0) is 4.79 Å². The first kappa shape index (κ1) is 20.7. The lowest BCUT2D eigenvalue weighted by atomic mass is 10.0. The first-order valence-corrected chi connectivity index (χ1v) is 10.7. The molecular formula is C23H20FN5OS. The largest absolute Gasteiger partial charge is 0.349 e. The molecule has 6 nitrogen and oxygen atoms in total. The van der Waals surface area contributed by atoms with Gasteiger partial charge in [0.15, 0.2) is 0 Å². The van der Waals surface area contributed by atoms with Crippen molar-refractivity contribution in [2.24, 2.45) is 0 Å². The fourth-order valence-electron chi connectivity index (χ4n) is 3.13. The number of benzene rings is 3. The average molecular weight is 434 g/mol. The summed E-state index contributed by atoms with van der Waals surface area (Å²) in [5.41, 5.74) is 3.79. The zero-order valence-electron chi connectivity index (χ0n) is 16.8. The minimum Gasteiger partial charge on any atom is -0.349 e. The minimum absolute atomic E-state index is 0.140. The average Bonchev–Trinajstić information content (AvgIpc) is 3.27. The molecule has 3 aromatic carbocycles. The van der Waals surface area contributed by atoms with Gasteiger partial charge in [-0.25, -0.2) is 4.39 Å². The van der Waals surface area contributed by atoms with E-state index in [0.717, 1.165) is 16.7 Å².